The zero-order valence-electron chi connectivity index (χ0n) is 5.33. The van der Waals surface area contributed by atoms with Crippen molar-refractivity contribution in [2.75, 3.05) is 20.2 Å². The topological polar surface area (TPSA) is 41.5 Å². The molecule has 56 valence electrons. The van der Waals surface area contributed by atoms with Crippen molar-refractivity contribution in [2.24, 2.45) is 0 Å². The highest BCUT2D eigenvalue weighted by Crippen LogP contribution is 2.01. The summed E-state index contributed by atoms with van der Waals surface area (Å²) < 4.78 is 4.91. The van der Waals surface area contributed by atoms with Gasteiger partial charge in [-0.25, -0.2) is 0 Å². The maximum atomic E-state index is 9.00. The van der Waals surface area contributed by atoms with E-state index in [2.05, 4.69) is 5.32 Å². The molecule has 2 unspecified atom stereocenters. The molecule has 0 aromatic carbocycles. The molecule has 0 amide bonds. The highest BCUT2D eigenvalue weighted by atomic mass is 35.5. The van der Waals surface area contributed by atoms with E-state index < -0.39 is 0 Å². The molecule has 1 aliphatic rings. The number of hydrogen-bond acceptors (Lipinski definition) is 3. The van der Waals surface area contributed by atoms with Crippen LogP contribution in [0.5, 0.6) is 0 Å². The largest absolute Gasteiger partial charge is 0.389 e. The van der Waals surface area contributed by atoms with Crippen LogP contribution in [0.25, 0.3) is 0 Å². The SMILES string of the molecule is COC1CNCC1O.Cl. The number of halogens is 1. The third-order valence-electron chi connectivity index (χ3n) is 1.43. The molecule has 0 radical (unpaired) electrons. The number of aliphatic hydroxyl groups is 1. The normalized spacial score (nSPS) is 34.0. The number of aliphatic hydroxyl groups excluding tert-OH is 1. The van der Waals surface area contributed by atoms with Gasteiger partial charge in [0.05, 0.1) is 12.2 Å². The first-order chi connectivity index (χ1) is 3.84. The number of β-amino-alcohol motifs (C(OH)–C–C–N with tert-alkyl or cyclic N) is 1. The zero-order chi connectivity index (χ0) is 5.98. The molecule has 9 heavy (non-hydrogen) atoms. The molecule has 0 aromatic rings. The molecular weight excluding hydrogens is 142 g/mol. The van der Waals surface area contributed by atoms with E-state index in [1.807, 2.05) is 0 Å². The minimum absolute atomic E-state index is 0. The highest BCUT2D eigenvalue weighted by molar-refractivity contribution is 5.85. The van der Waals surface area contributed by atoms with E-state index in [9.17, 15) is 0 Å². The van der Waals surface area contributed by atoms with E-state index in [0.29, 0.717) is 6.54 Å². The molecule has 1 heterocycles. The van der Waals surface area contributed by atoms with E-state index in [0.717, 1.165) is 6.54 Å². The summed E-state index contributed by atoms with van der Waals surface area (Å²) in [5.41, 5.74) is 0. The van der Waals surface area contributed by atoms with Gasteiger partial charge in [-0.3, -0.25) is 0 Å². The van der Waals surface area contributed by atoms with Crippen molar-refractivity contribution in [1.29, 1.82) is 0 Å². The van der Waals surface area contributed by atoms with Crippen LogP contribution < -0.4 is 5.32 Å². The zero-order valence-corrected chi connectivity index (χ0v) is 6.15. The molecule has 0 spiro atoms. The Morgan fingerprint density at radius 1 is 1.56 bits per heavy atom. The Hall–Kier alpha value is 0.170. The Labute approximate surface area is 60.8 Å². The molecule has 4 heteroatoms. The van der Waals surface area contributed by atoms with Crippen LogP contribution in [-0.4, -0.2) is 37.5 Å². The molecule has 3 nitrogen and oxygen atoms in total. The predicted molar refractivity (Wildman–Crippen MR) is 36.9 cm³/mol. The van der Waals surface area contributed by atoms with E-state index in [1.54, 1.807) is 7.11 Å². The van der Waals surface area contributed by atoms with Crippen molar-refractivity contribution in [3.63, 3.8) is 0 Å². The van der Waals surface area contributed by atoms with Gasteiger partial charge in [-0.1, -0.05) is 0 Å². The molecule has 0 saturated carbocycles. The third-order valence-corrected chi connectivity index (χ3v) is 1.43. The Morgan fingerprint density at radius 2 is 2.22 bits per heavy atom. The molecule has 1 saturated heterocycles. The van der Waals surface area contributed by atoms with Gasteiger partial charge in [-0.2, -0.15) is 0 Å². The molecule has 0 aromatic heterocycles. The minimum Gasteiger partial charge on any atom is -0.389 e. The van der Waals surface area contributed by atoms with Crippen LogP contribution in [0, 0.1) is 0 Å². The van der Waals surface area contributed by atoms with Crippen LogP contribution in [0.1, 0.15) is 0 Å². The molecule has 2 atom stereocenters. The second-order valence-corrected chi connectivity index (χ2v) is 2.00. The number of ether oxygens (including phenoxy) is 1. The average Bonchev–Trinajstić information content (AvgIpc) is 2.14. The summed E-state index contributed by atoms with van der Waals surface area (Å²) in [5.74, 6) is 0. The Kier molecular flexibility index (Phi) is 4.14. The second-order valence-electron chi connectivity index (χ2n) is 2.00. The third kappa shape index (κ3) is 2.10. The lowest BCUT2D eigenvalue weighted by molar-refractivity contribution is 0.0217. The van der Waals surface area contributed by atoms with Gasteiger partial charge in [-0.05, 0) is 0 Å². The summed E-state index contributed by atoms with van der Waals surface area (Å²) in [6.45, 7) is 1.44. The first-order valence-corrected chi connectivity index (χ1v) is 2.76. The van der Waals surface area contributed by atoms with E-state index in [4.69, 9.17) is 9.84 Å². The van der Waals surface area contributed by atoms with Gasteiger partial charge in [0.25, 0.3) is 0 Å². The van der Waals surface area contributed by atoms with Crippen LogP contribution in [0.3, 0.4) is 0 Å². The fraction of sp³-hybridized carbons (Fsp3) is 1.00. The summed E-state index contributed by atoms with van der Waals surface area (Å²) in [4.78, 5) is 0. The number of nitrogens with one attached hydrogen (secondary N) is 1. The average molecular weight is 154 g/mol. The van der Waals surface area contributed by atoms with Crippen molar-refractivity contribution in [1.82, 2.24) is 5.32 Å². The first-order valence-electron chi connectivity index (χ1n) is 2.76. The van der Waals surface area contributed by atoms with Gasteiger partial charge < -0.3 is 15.2 Å². The van der Waals surface area contributed by atoms with E-state index in [-0.39, 0.29) is 24.6 Å². The maximum absolute atomic E-state index is 9.00. The van der Waals surface area contributed by atoms with E-state index in [1.165, 1.54) is 0 Å². The standard InChI is InChI=1S/C5H11NO2.ClH/c1-8-5-3-6-2-4(5)7;/h4-7H,2-3H2,1H3;1H. The highest BCUT2D eigenvalue weighted by Gasteiger charge is 2.23. The van der Waals surface area contributed by atoms with Crippen LogP contribution in [0.4, 0.5) is 0 Å². The Bertz CT molecular complexity index is 81.4. The maximum Gasteiger partial charge on any atom is 0.0966 e. The van der Waals surface area contributed by atoms with Crippen LogP contribution >= 0.6 is 12.4 Å². The lowest BCUT2D eigenvalue weighted by Crippen LogP contribution is -2.25. The summed E-state index contributed by atoms with van der Waals surface area (Å²) in [6, 6.07) is 0. The van der Waals surface area contributed by atoms with Gasteiger partial charge in [-0.15, -0.1) is 12.4 Å². The summed E-state index contributed by atoms with van der Waals surface area (Å²) in [6.07, 6.45) is -0.296. The predicted octanol–water partition coefficient (Wildman–Crippen LogP) is -0.613. The van der Waals surface area contributed by atoms with E-state index >= 15 is 0 Å². The van der Waals surface area contributed by atoms with Crippen LogP contribution in [-0.2, 0) is 4.74 Å². The second kappa shape index (κ2) is 4.06. The molecule has 1 aliphatic heterocycles. The first kappa shape index (κ1) is 9.17. The number of methoxy groups -OCH3 is 1. The van der Waals surface area contributed by atoms with Gasteiger partial charge in [0.15, 0.2) is 0 Å². The fourth-order valence-electron chi connectivity index (χ4n) is 0.881. The Morgan fingerprint density at radius 3 is 2.44 bits per heavy atom. The molecule has 0 bridgehead atoms. The quantitative estimate of drug-likeness (QED) is 0.528. The number of rotatable bonds is 1. The molecule has 2 N–H and O–H groups in total. The summed E-state index contributed by atoms with van der Waals surface area (Å²) in [5, 5.41) is 12.0. The molecule has 1 fully saturated rings. The van der Waals surface area contributed by atoms with Crippen molar-refractivity contribution in [2.45, 2.75) is 12.2 Å². The van der Waals surface area contributed by atoms with Gasteiger partial charge >= 0.3 is 0 Å². The van der Waals surface area contributed by atoms with Crippen molar-refractivity contribution in [3.05, 3.63) is 0 Å². The van der Waals surface area contributed by atoms with Crippen molar-refractivity contribution >= 4 is 12.4 Å². The fourth-order valence-corrected chi connectivity index (χ4v) is 0.881. The monoisotopic (exact) mass is 153 g/mol. The van der Waals surface area contributed by atoms with Crippen molar-refractivity contribution < 1.29 is 9.84 Å². The van der Waals surface area contributed by atoms with Gasteiger partial charge in [0.2, 0.25) is 0 Å². The minimum atomic E-state index is -0.306. The number of hydrogen-bond donors (Lipinski definition) is 2. The summed E-state index contributed by atoms with van der Waals surface area (Å²) >= 11 is 0. The van der Waals surface area contributed by atoms with Gasteiger partial charge in [0.1, 0.15) is 0 Å². The van der Waals surface area contributed by atoms with Crippen LogP contribution in [0.15, 0.2) is 0 Å². The van der Waals surface area contributed by atoms with Crippen molar-refractivity contribution in [3.8, 4) is 0 Å². The molecule has 0 aliphatic carbocycles. The van der Waals surface area contributed by atoms with Crippen LogP contribution in [0.2, 0.25) is 0 Å². The summed E-state index contributed by atoms with van der Waals surface area (Å²) in [7, 11) is 1.61. The smallest absolute Gasteiger partial charge is 0.0966 e. The Balaban J connectivity index is 0.000000640. The molecule has 1 rings (SSSR count). The van der Waals surface area contributed by atoms with Gasteiger partial charge in [0, 0.05) is 20.2 Å². The lowest BCUT2D eigenvalue weighted by atomic mass is 10.3. The molecular formula is C5H12ClNO2. The lowest BCUT2D eigenvalue weighted by Gasteiger charge is -2.08.